The Bertz CT molecular complexity index is 299. The lowest BCUT2D eigenvalue weighted by Crippen LogP contribution is -2.39. The maximum Gasteiger partial charge on any atom is 0.222 e. The Morgan fingerprint density at radius 3 is 2.60 bits per heavy atom. The van der Waals surface area contributed by atoms with Gasteiger partial charge < -0.3 is 10.6 Å². The zero-order chi connectivity index (χ0) is 14.4. The maximum atomic E-state index is 12.5. The summed E-state index contributed by atoms with van der Waals surface area (Å²) in [6, 6.07) is 0.569. The first-order valence-corrected chi connectivity index (χ1v) is 8.75. The zero-order valence-electron chi connectivity index (χ0n) is 13.2. The van der Waals surface area contributed by atoms with Gasteiger partial charge in [0.25, 0.3) is 0 Å². The van der Waals surface area contributed by atoms with Gasteiger partial charge in [0.15, 0.2) is 0 Å². The van der Waals surface area contributed by atoms with Crippen LogP contribution in [0.2, 0.25) is 0 Å². The molecule has 0 aromatic rings. The molecule has 2 fully saturated rings. The van der Waals surface area contributed by atoms with Gasteiger partial charge in [-0.15, -0.1) is 0 Å². The van der Waals surface area contributed by atoms with Crippen LogP contribution in [0.3, 0.4) is 0 Å². The highest BCUT2D eigenvalue weighted by molar-refractivity contribution is 5.76. The molecule has 0 bridgehead atoms. The second-order valence-electron chi connectivity index (χ2n) is 6.73. The molecule has 116 valence electrons. The van der Waals surface area contributed by atoms with Gasteiger partial charge in [-0.3, -0.25) is 4.79 Å². The van der Waals surface area contributed by atoms with Crippen molar-refractivity contribution in [3.05, 3.63) is 0 Å². The van der Waals surface area contributed by atoms with Crippen LogP contribution in [-0.4, -0.2) is 29.9 Å². The molecule has 1 aliphatic heterocycles. The van der Waals surface area contributed by atoms with Crippen molar-refractivity contribution in [3.63, 3.8) is 0 Å². The Morgan fingerprint density at radius 1 is 1.20 bits per heavy atom. The van der Waals surface area contributed by atoms with Gasteiger partial charge in [0, 0.05) is 19.0 Å². The summed E-state index contributed by atoms with van der Waals surface area (Å²) in [5.41, 5.74) is 5.64. The lowest BCUT2D eigenvalue weighted by Gasteiger charge is -2.30. The Morgan fingerprint density at radius 2 is 1.95 bits per heavy atom. The number of rotatable bonds is 7. The van der Waals surface area contributed by atoms with E-state index in [0.29, 0.717) is 17.9 Å². The van der Waals surface area contributed by atoms with Crippen LogP contribution in [0, 0.1) is 11.8 Å². The summed E-state index contributed by atoms with van der Waals surface area (Å²) < 4.78 is 0. The second-order valence-corrected chi connectivity index (χ2v) is 6.73. The van der Waals surface area contributed by atoms with Crippen molar-refractivity contribution in [2.24, 2.45) is 17.6 Å². The van der Waals surface area contributed by atoms with E-state index >= 15 is 0 Å². The van der Waals surface area contributed by atoms with Crippen LogP contribution in [0.15, 0.2) is 0 Å². The van der Waals surface area contributed by atoms with E-state index in [9.17, 15) is 4.79 Å². The largest absolute Gasteiger partial charge is 0.339 e. The monoisotopic (exact) mass is 280 g/mol. The van der Waals surface area contributed by atoms with Crippen LogP contribution in [-0.2, 0) is 4.79 Å². The number of nitrogens with two attached hydrogens (primary N) is 1. The molecule has 3 nitrogen and oxygen atoms in total. The minimum absolute atomic E-state index is 0.412. The fourth-order valence-electron chi connectivity index (χ4n) is 4.19. The van der Waals surface area contributed by atoms with Crippen LogP contribution in [0.5, 0.6) is 0 Å². The molecule has 1 amide bonds. The molecular weight excluding hydrogens is 248 g/mol. The van der Waals surface area contributed by atoms with Gasteiger partial charge in [0.2, 0.25) is 5.91 Å². The van der Waals surface area contributed by atoms with Gasteiger partial charge in [0.05, 0.1) is 0 Å². The molecule has 2 aliphatic rings. The maximum absolute atomic E-state index is 12.5. The summed E-state index contributed by atoms with van der Waals surface area (Å²) in [4.78, 5) is 14.8. The first-order chi connectivity index (χ1) is 9.76. The van der Waals surface area contributed by atoms with Crippen molar-refractivity contribution in [2.45, 2.75) is 77.2 Å². The first kappa shape index (κ1) is 15.8. The Hall–Kier alpha value is -0.570. The number of hydrogen-bond acceptors (Lipinski definition) is 2. The molecule has 0 radical (unpaired) electrons. The van der Waals surface area contributed by atoms with E-state index < -0.39 is 0 Å². The van der Waals surface area contributed by atoms with Crippen molar-refractivity contribution >= 4 is 5.91 Å². The van der Waals surface area contributed by atoms with Gasteiger partial charge >= 0.3 is 0 Å². The SMILES string of the molecule is CCC(CCN)CCC(=O)N1CCCC1C1CCCC1. The molecule has 2 unspecified atom stereocenters. The lowest BCUT2D eigenvalue weighted by atomic mass is 9.94. The molecule has 1 aliphatic carbocycles. The van der Waals surface area contributed by atoms with E-state index in [1.165, 1.54) is 38.5 Å². The fraction of sp³-hybridized carbons (Fsp3) is 0.941. The van der Waals surface area contributed by atoms with Crippen LogP contribution >= 0.6 is 0 Å². The highest BCUT2D eigenvalue weighted by Crippen LogP contribution is 2.35. The third-order valence-electron chi connectivity index (χ3n) is 5.48. The van der Waals surface area contributed by atoms with Crippen LogP contribution in [0.4, 0.5) is 0 Å². The molecular formula is C17H32N2O. The molecule has 2 N–H and O–H groups in total. The molecule has 1 saturated heterocycles. The highest BCUT2D eigenvalue weighted by atomic mass is 16.2. The summed E-state index contributed by atoms with van der Waals surface area (Å²) in [5, 5.41) is 0. The van der Waals surface area contributed by atoms with E-state index in [-0.39, 0.29) is 0 Å². The molecule has 1 saturated carbocycles. The quantitative estimate of drug-likeness (QED) is 0.777. The summed E-state index contributed by atoms with van der Waals surface area (Å²) in [7, 11) is 0. The van der Waals surface area contributed by atoms with E-state index in [0.717, 1.165) is 44.7 Å². The van der Waals surface area contributed by atoms with Crippen LogP contribution < -0.4 is 5.73 Å². The smallest absolute Gasteiger partial charge is 0.222 e. The summed E-state index contributed by atoms with van der Waals surface area (Å²) >= 11 is 0. The molecule has 2 rings (SSSR count). The molecule has 3 heteroatoms. The molecule has 0 aromatic carbocycles. The number of carbonyl (C=O) groups is 1. The Labute approximate surface area is 124 Å². The average molecular weight is 280 g/mol. The van der Waals surface area contributed by atoms with Gasteiger partial charge in [-0.05, 0) is 56.9 Å². The van der Waals surface area contributed by atoms with E-state index in [1.807, 2.05) is 0 Å². The molecule has 0 spiro atoms. The summed E-state index contributed by atoms with van der Waals surface area (Å²) in [5.74, 6) is 1.85. The summed E-state index contributed by atoms with van der Waals surface area (Å²) in [6.07, 6.45) is 11.9. The topological polar surface area (TPSA) is 46.3 Å². The van der Waals surface area contributed by atoms with E-state index in [2.05, 4.69) is 11.8 Å². The van der Waals surface area contributed by atoms with Crippen molar-refractivity contribution in [2.75, 3.05) is 13.1 Å². The molecule has 0 aromatic heterocycles. The van der Waals surface area contributed by atoms with E-state index in [1.54, 1.807) is 0 Å². The number of nitrogens with zero attached hydrogens (tertiary/aromatic N) is 1. The third-order valence-corrected chi connectivity index (χ3v) is 5.48. The highest BCUT2D eigenvalue weighted by Gasteiger charge is 2.35. The molecule has 20 heavy (non-hydrogen) atoms. The van der Waals surface area contributed by atoms with Gasteiger partial charge in [0.1, 0.15) is 0 Å². The third kappa shape index (κ3) is 3.97. The Balaban J connectivity index is 1.81. The molecule has 1 heterocycles. The predicted octanol–water partition coefficient (Wildman–Crippen LogP) is 3.32. The minimum atomic E-state index is 0.412. The van der Waals surface area contributed by atoms with Crippen molar-refractivity contribution in [3.8, 4) is 0 Å². The lowest BCUT2D eigenvalue weighted by molar-refractivity contribution is -0.133. The van der Waals surface area contributed by atoms with Crippen molar-refractivity contribution in [1.82, 2.24) is 4.90 Å². The number of carbonyl (C=O) groups excluding carboxylic acids is 1. The van der Waals surface area contributed by atoms with Gasteiger partial charge in [-0.25, -0.2) is 0 Å². The number of amides is 1. The standard InChI is InChI=1S/C17H32N2O/c1-2-14(11-12-18)9-10-17(20)19-13-5-8-16(19)15-6-3-4-7-15/h14-16H,2-13,18H2,1H3. The number of hydrogen-bond donors (Lipinski definition) is 1. The second kappa shape index (κ2) is 8.02. The minimum Gasteiger partial charge on any atom is -0.339 e. The summed E-state index contributed by atoms with van der Waals surface area (Å²) in [6.45, 7) is 3.97. The first-order valence-electron chi connectivity index (χ1n) is 8.75. The normalized spacial score (nSPS) is 25.3. The predicted molar refractivity (Wildman–Crippen MR) is 83.4 cm³/mol. The Kier molecular flexibility index (Phi) is 6.34. The zero-order valence-corrected chi connectivity index (χ0v) is 13.2. The van der Waals surface area contributed by atoms with Crippen molar-refractivity contribution in [1.29, 1.82) is 0 Å². The van der Waals surface area contributed by atoms with Crippen LogP contribution in [0.1, 0.15) is 71.1 Å². The van der Waals surface area contributed by atoms with E-state index in [4.69, 9.17) is 5.73 Å². The van der Waals surface area contributed by atoms with Crippen molar-refractivity contribution < 1.29 is 4.79 Å². The van der Waals surface area contributed by atoms with Gasteiger partial charge in [-0.2, -0.15) is 0 Å². The number of likely N-dealkylation sites (tertiary alicyclic amines) is 1. The molecule has 2 atom stereocenters. The average Bonchev–Trinajstić information content (AvgIpc) is 3.12. The van der Waals surface area contributed by atoms with Crippen LogP contribution in [0.25, 0.3) is 0 Å². The fourth-order valence-corrected chi connectivity index (χ4v) is 4.19. The van der Waals surface area contributed by atoms with Gasteiger partial charge in [-0.1, -0.05) is 26.2 Å².